The Hall–Kier alpha value is -1.05. The molecule has 90 valence electrons. The molecular formula is C9H7ClN2O3S2. The van der Waals surface area contributed by atoms with Gasteiger partial charge in [0.25, 0.3) is 10.0 Å². The van der Waals surface area contributed by atoms with Crippen LogP contribution in [-0.2, 0) is 6.54 Å². The molecule has 0 atom stereocenters. The van der Waals surface area contributed by atoms with E-state index >= 15 is 0 Å². The average Bonchev–Trinajstić information content (AvgIpc) is 2.92. The van der Waals surface area contributed by atoms with Gasteiger partial charge in [-0.05, 0) is 17.8 Å². The Labute approximate surface area is 111 Å². The van der Waals surface area contributed by atoms with E-state index in [0.29, 0.717) is 5.76 Å². The number of hydrogen-bond acceptors (Lipinski definition) is 5. The summed E-state index contributed by atoms with van der Waals surface area (Å²) in [5.74, 6) is 1.42. The van der Waals surface area contributed by atoms with Gasteiger partial charge in [-0.15, -0.1) is 0 Å². The monoisotopic (exact) mass is 290 g/mol. The van der Waals surface area contributed by atoms with Gasteiger partial charge in [-0.1, -0.05) is 11.3 Å². The lowest BCUT2D eigenvalue weighted by atomic mass is 10.3. The Morgan fingerprint density at radius 2 is 2.29 bits per heavy atom. The Bertz CT molecular complexity index is 566. The van der Waals surface area contributed by atoms with E-state index in [-0.39, 0.29) is 18.3 Å². The van der Waals surface area contributed by atoms with Crippen molar-refractivity contribution in [1.29, 1.82) is 0 Å². The van der Waals surface area contributed by atoms with Gasteiger partial charge in [0.15, 0.2) is 6.54 Å². The SMILES string of the molecule is O=[N+]([O-])c1ccc(-c2csc3[n+]2CCS3)o1.[Cl-]. The fourth-order valence-corrected chi connectivity index (χ4v) is 3.87. The van der Waals surface area contributed by atoms with Gasteiger partial charge in [0.05, 0.1) is 17.2 Å². The van der Waals surface area contributed by atoms with E-state index in [1.807, 2.05) is 5.38 Å². The van der Waals surface area contributed by atoms with E-state index in [1.165, 1.54) is 10.4 Å². The van der Waals surface area contributed by atoms with Gasteiger partial charge in [-0.2, -0.15) is 4.57 Å². The lowest BCUT2D eigenvalue weighted by Gasteiger charge is -1.89. The summed E-state index contributed by atoms with van der Waals surface area (Å²) >= 11 is 3.45. The molecule has 17 heavy (non-hydrogen) atoms. The fourth-order valence-electron chi connectivity index (χ4n) is 1.63. The minimum atomic E-state index is -0.518. The molecule has 0 radical (unpaired) electrons. The molecule has 0 amide bonds. The lowest BCUT2D eigenvalue weighted by Crippen LogP contribution is -3.00. The Kier molecular flexibility index (Phi) is 3.41. The van der Waals surface area contributed by atoms with Crippen LogP contribution >= 0.6 is 23.1 Å². The number of hydrogen-bond donors (Lipinski definition) is 0. The van der Waals surface area contributed by atoms with Gasteiger partial charge in [0.1, 0.15) is 4.92 Å². The summed E-state index contributed by atoms with van der Waals surface area (Å²) in [6, 6.07) is 3.04. The number of furan rings is 1. The third-order valence-corrected chi connectivity index (χ3v) is 4.61. The second-order valence-electron chi connectivity index (χ2n) is 3.28. The largest absolute Gasteiger partial charge is 1.00 e. The van der Waals surface area contributed by atoms with Gasteiger partial charge in [0, 0.05) is 0 Å². The number of halogens is 1. The first-order valence-electron chi connectivity index (χ1n) is 4.64. The van der Waals surface area contributed by atoms with Gasteiger partial charge >= 0.3 is 5.88 Å². The van der Waals surface area contributed by atoms with Crippen LogP contribution in [0.5, 0.6) is 0 Å². The van der Waals surface area contributed by atoms with Crippen molar-refractivity contribution in [1.82, 2.24) is 0 Å². The van der Waals surface area contributed by atoms with E-state index in [0.717, 1.165) is 18.0 Å². The number of aromatic nitrogens is 1. The number of nitro groups is 1. The third kappa shape index (κ3) is 2.05. The number of fused-ring (bicyclic) bond motifs is 1. The normalized spacial score (nSPS) is 13.2. The van der Waals surface area contributed by atoms with Crippen LogP contribution in [0.4, 0.5) is 5.88 Å². The third-order valence-electron chi connectivity index (χ3n) is 2.35. The molecule has 2 aromatic rings. The molecule has 2 aromatic heterocycles. The Morgan fingerprint density at radius 3 is 3.00 bits per heavy atom. The van der Waals surface area contributed by atoms with E-state index in [9.17, 15) is 10.1 Å². The van der Waals surface area contributed by atoms with Crippen molar-refractivity contribution < 1.29 is 26.3 Å². The quantitative estimate of drug-likeness (QED) is 0.417. The molecule has 0 N–H and O–H groups in total. The molecule has 8 heteroatoms. The maximum atomic E-state index is 10.5. The van der Waals surface area contributed by atoms with Crippen LogP contribution in [-0.4, -0.2) is 10.7 Å². The van der Waals surface area contributed by atoms with Crippen LogP contribution in [0.2, 0.25) is 0 Å². The first kappa shape index (κ1) is 12.4. The van der Waals surface area contributed by atoms with E-state index in [1.54, 1.807) is 29.2 Å². The minimum Gasteiger partial charge on any atom is -1.00 e. The van der Waals surface area contributed by atoms with Crippen LogP contribution in [0, 0.1) is 10.1 Å². The predicted octanol–water partition coefficient (Wildman–Crippen LogP) is -0.687. The van der Waals surface area contributed by atoms with Crippen molar-refractivity contribution >= 4 is 29.0 Å². The van der Waals surface area contributed by atoms with Crippen LogP contribution in [0.3, 0.4) is 0 Å². The lowest BCUT2D eigenvalue weighted by molar-refractivity contribution is -0.706. The average molecular weight is 291 g/mol. The molecule has 3 rings (SSSR count). The minimum absolute atomic E-state index is 0. The molecule has 0 saturated heterocycles. The van der Waals surface area contributed by atoms with Crippen LogP contribution in [0.25, 0.3) is 11.5 Å². The molecule has 0 spiro atoms. The molecule has 0 unspecified atom stereocenters. The highest BCUT2D eigenvalue weighted by Gasteiger charge is 2.30. The van der Waals surface area contributed by atoms with Gasteiger partial charge in [0.2, 0.25) is 5.76 Å². The predicted molar refractivity (Wildman–Crippen MR) is 59.6 cm³/mol. The van der Waals surface area contributed by atoms with Crippen LogP contribution in [0.1, 0.15) is 0 Å². The summed E-state index contributed by atoms with van der Waals surface area (Å²) in [5.41, 5.74) is 0.929. The smallest absolute Gasteiger partial charge is 0.433 e. The van der Waals surface area contributed by atoms with E-state index < -0.39 is 4.92 Å². The summed E-state index contributed by atoms with van der Waals surface area (Å²) in [7, 11) is 0. The topological polar surface area (TPSA) is 60.2 Å². The molecule has 1 aliphatic heterocycles. The highest BCUT2D eigenvalue weighted by Crippen LogP contribution is 2.32. The first-order chi connectivity index (χ1) is 7.75. The molecule has 5 nitrogen and oxygen atoms in total. The second kappa shape index (κ2) is 4.67. The molecule has 0 fully saturated rings. The summed E-state index contributed by atoms with van der Waals surface area (Å²) in [6.45, 7) is 0.938. The molecule has 0 aliphatic carbocycles. The van der Waals surface area contributed by atoms with Crippen molar-refractivity contribution in [3.63, 3.8) is 0 Å². The standard InChI is InChI=1S/C9H7N2O3S2.ClH/c12-11(13)8-2-1-7(14-8)6-5-16-9-10(6)3-4-15-9;/h1-2,5H,3-4H2;1H/q+1;/p-1. The van der Waals surface area contributed by atoms with Crippen molar-refractivity contribution in [2.45, 2.75) is 10.9 Å². The molecule has 1 aliphatic rings. The number of nitrogens with zero attached hydrogens (tertiary/aromatic N) is 2. The van der Waals surface area contributed by atoms with Gasteiger partial charge in [-0.3, -0.25) is 10.1 Å². The molecule has 3 heterocycles. The van der Waals surface area contributed by atoms with Crippen molar-refractivity contribution in [2.24, 2.45) is 0 Å². The molecule has 0 aromatic carbocycles. The van der Waals surface area contributed by atoms with Crippen LogP contribution in [0.15, 0.2) is 26.3 Å². The number of thiazole rings is 1. The Balaban J connectivity index is 0.00000108. The summed E-state index contributed by atoms with van der Waals surface area (Å²) in [4.78, 5) is 10.0. The summed E-state index contributed by atoms with van der Waals surface area (Å²) in [5, 5.41) is 12.5. The number of rotatable bonds is 2. The highest BCUT2D eigenvalue weighted by molar-refractivity contribution is 8.01. The van der Waals surface area contributed by atoms with E-state index in [2.05, 4.69) is 4.57 Å². The van der Waals surface area contributed by atoms with Gasteiger partial charge < -0.3 is 16.8 Å². The fraction of sp³-hybridized carbons (Fsp3) is 0.222. The number of thioether (sulfide) groups is 1. The van der Waals surface area contributed by atoms with Crippen LogP contribution < -0.4 is 17.0 Å². The summed E-state index contributed by atoms with van der Waals surface area (Å²) < 4.78 is 8.56. The zero-order chi connectivity index (χ0) is 11.1. The highest BCUT2D eigenvalue weighted by atomic mass is 35.5. The van der Waals surface area contributed by atoms with Crippen molar-refractivity contribution in [2.75, 3.05) is 5.75 Å². The zero-order valence-corrected chi connectivity index (χ0v) is 10.8. The van der Waals surface area contributed by atoms with E-state index in [4.69, 9.17) is 4.42 Å². The van der Waals surface area contributed by atoms with Gasteiger partial charge in [-0.25, -0.2) is 0 Å². The zero-order valence-electron chi connectivity index (χ0n) is 8.46. The second-order valence-corrected chi connectivity index (χ2v) is 5.48. The van der Waals surface area contributed by atoms with Crippen molar-refractivity contribution in [3.8, 4) is 11.5 Å². The molecular weight excluding hydrogens is 284 g/mol. The first-order valence-corrected chi connectivity index (χ1v) is 6.51. The Morgan fingerprint density at radius 1 is 1.47 bits per heavy atom. The maximum Gasteiger partial charge on any atom is 0.433 e. The molecule has 0 bridgehead atoms. The maximum absolute atomic E-state index is 10.5. The van der Waals surface area contributed by atoms with Crippen molar-refractivity contribution in [3.05, 3.63) is 27.6 Å². The summed E-state index contributed by atoms with van der Waals surface area (Å²) in [6.07, 6.45) is 0. The molecule has 0 saturated carbocycles.